The number of hydrogen-bond acceptors (Lipinski definition) is 5. The number of rotatable bonds is 6. The Morgan fingerprint density at radius 2 is 1.90 bits per heavy atom. The maximum Gasteiger partial charge on any atom is 0.339 e. The van der Waals surface area contributed by atoms with E-state index in [9.17, 15) is 9.36 Å². The standard InChI is InChI=1S/C13H18ClO5P/c1-17-5-6-19-11-8-10(14)9(13(15)18-2)7-12(11)20(3,4)16/h7-8H,5-6H2,1-4H3. The Kier molecular flexibility index (Phi) is 6.06. The molecule has 7 heteroatoms. The zero-order valence-electron chi connectivity index (χ0n) is 11.9. The van der Waals surface area contributed by atoms with Crippen LogP contribution in [-0.2, 0) is 14.0 Å². The molecule has 0 spiro atoms. The van der Waals surface area contributed by atoms with Crippen LogP contribution in [0.5, 0.6) is 5.75 Å². The summed E-state index contributed by atoms with van der Waals surface area (Å²) in [5.74, 6) is -0.179. The lowest BCUT2D eigenvalue weighted by atomic mass is 10.2. The Balaban J connectivity index is 3.26. The van der Waals surface area contributed by atoms with Crippen molar-refractivity contribution in [3.8, 4) is 5.75 Å². The Hall–Kier alpha value is -1.03. The largest absolute Gasteiger partial charge is 0.490 e. The molecule has 0 heterocycles. The van der Waals surface area contributed by atoms with E-state index in [1.165, 1.54) is 19.2 Å². The van der Waals surface area contributed by atoms with Gasteiger partial charge in [-0.15, -0.1) is 0 Å². The summed E-state index contributed by atoms with van der Waals surface area (Å²) in [4.78, 5) is 11.6. The number of halogens is 1. The van der Waals surface area contributed by atoms with Crippen LogP contribution < -0.4 is 10.0 Å². The summed E-state index contributed by atoms with van der Waals surface area (Å²) >= 11 is 6.04. The minimum Gasteiger partial charge on any atom is -0.490 e. The van der Waals surface area contributed by atoms with E-state index in [0.717, 1.165) is 0 Å². The van der Waals surface area contributed by atoms with Crippen molar-refractivity contribution in [1.82, 2.24) is 0 Å². The lowest BCUT2D eigenvalue weighted by Gasteiger charge is -2.16. The minimum atomic E-state index is -2.63. The first-order valence-corrected chi connectivity index (χ1v) is 8.88. The maximum absolute atomic E-state index is 12.3. The number of carbonyl (C=O) groups excluding carboxylic acids is 1. The summed E-state index contributed by atoms with van der Waals surface area (Å²) in [6.07, 6.45) is 0. The van der Waals surface area contributed by atoms with Crippen LogP contribution in [0.1, 0.15) is 10.4 Å². The number of ether oxygens (including phenoxy) is 3. The van der Waals surface area contributed by atoms with Crippen LogP contribution in [0.15, 0.2) is 12.1 Å². The molecule has 0 saturated carbocycles. The predicted molar refractivity (Wildman–Crippen MR) is 79.3 cm³/mol. The van der Waals surface area contributed by atoms with Crippen molar-refractivity contribution in [1.29, 1.82) is 0 Å². The number of esters is 1. The second-order valence-corrected chi connectivity index (χ2v) is 8.07. The van der Waals surface area contributed by atoms with Gasteiger partial charge in [0, 0.05) is 13.2 Å². The van der Waals surface area contributed by atoms with E-state index in [1.807, 2.05) is 0 Å². The van der Waals surface area contributed by atoms with E-state index in [-0.39, 0.29) is 10.6 Å². The first-order valence-electron chi connectivity index (χ1n) is 5.90. The monoisotopic (exact) mass is 320 g/mol. The third kappa shape index (κ3) is 4.23. The highest BCUT2D eigenvalue weighted by molar-refractivity contribution is 7.70. The molecule has 0 N–H and O–H groups in total. The minimum absolute atomic E-state index is 0.173. The van der Waals surface area contributed by atoms with Gasteiger partial charge in [-0.05, 0) is 19.4 Å². The van der Waals surface area contributed by atoms with Gasteiger partial charge in [-0.2, -0.15) is 0 Å². The number of hydrogen-bond donors (Lipinski definition) is 0. The van der Waals surface area contributed by atoms with Crippen LogP contribution >= 0.6 is 18.7 Å². The molecule has 0 atom stereocenters. The Morgan fingerprint density at radius 3 is 2.40 bits per heavy atom. The zero-order valence-corrected chi connectivity index (χ0v) is 13.6. The SMILES string of the molecule is COCCOc1cc(Cl)c(C(=O)OC)cc1P(C)(C)=O. The maximum atomic E-state index is 12.3. The molecule has 0 saturated heterocycles. The molecule has 0 amide bonds. The average Bonchev–Trinajstić information content (AvgIpc) is 2.37. The molecule has 0 radical (unpaired) electrons. The molecule has 0 unspecified atom stereocenters. The fraction of sp³-hybridized carbons (Fsp3) is 0.462. The highest BCUT2D eigenvalue weighted by Crippen LogP contribution is 2.40. The van der Waals surface area contributed by atoms with Crippen molar-refractivity contribution in [2.75, 3.05) is 40.8 Å². The van der Waals surface area contributed by atoms with E-state index in [1.54, 1.807) is 20.4 Å². The second-order valence-electron chi connectivity index (χ2n) is 4.48. The van der Waals surface area contributed by atoms with Crippen molar-refractivity contribution in [3.63, 3.8) is 0 Å². The molecule has 1 aromatic rings. The lowest BCUT2D eigenvalue weighted by molar-refractivity contribution is 0.0601. The molecule has 0 bridgehead atoms. The molecule has 5 nitrogen and oxygen atoms in total. The molecular formula is C13H18ClO5P. The van der Waals surface area contributed by atoms with Crippen LogP contribution in [-0.4, -0.2) is 46.7 Å². The fourth-order valence-electron chi connectivity index (χ4n) is 1.58. The summed E-state index contributed by atoms with van der Waals surface area (Å²) in [6.45, 7) is 3.89. The van der Waals surface area contributed by atoms with Gasteiger partial charge >= 0.3 is 5.97 Å². The summed E-state index contributed by atoms with van der Waals surface area (Å²) in [5, 5.41) is 0.653. The normalized spacial score (nSPS) is 11.2. The van der Waals surface area contributed by atoms with Gasteiger partial charge in [-0.3, -0.25) is 0 Å². The molecule has 0 fully saturated rings. The molecular weight excluding hydrogens is 303 g/mol. The van der Waals surface area contributed by atoms with E-state index >= 15 is 0 Å². The Labute approximate surface area is 123 Å². The molecule has 20 heavy (non-hydrogen) atoms. The first-order chi connectivity index (χ1) is 9.31. The van der Waals surface area contributed by atoms with E-state index in [4.69, 9.17) is 21.1 Å². The molecule has 0 aliphatic rings. The van der Waals surface area contributed by atoms with Gasteiger partial charge in [-0.1, -0.05) is 11.6 Å². The number of methoxy groups -OCH3 is 2. The highest BCUT2D eigenvalue weighted by Gasteiger charge is 2.23. The van der Waals surface area contributed by atoms with Gasteiger partial charge in [0.1, 0.15) is 19.5 Å². The second kappa shape index (κ2) is 7.11. The van der Waals surface area contributed by atoms with Crippen molar-refractivity contribution in [3.05, 3.63) is 22.7 Å². The van der Waals surface area contributed by atoms with Crippen LogP contribution in [0.3, 0.4) is 0 Å². The van der Waals surface area contributed by atoms with Gasteiger partial charge in [0.25, 0.3) is 0 Å². The average molecular weight is 321 g/mol. The highest BCUT2D eigenvalue weighted by atomic mass is 35.5. The van der Waals surface area contributed by atoms with Crippen LogP contribution in [0.4, 0.5) is 0 Å². The van der Waals surface area contributed by atoms with Crippen LogP contribution in [0.25, 0.3) is 0 Å². The van der Waals surface area contributed by atoms with Crippen molar-refractivity contribution >= 4 is 30.0 Å². The summed E-state index contributed by atoms with van der Waals surface area (Å²) < 4.78 is 27.4. The van der Waals surface area contributed by atoms with Crippen LogP contribution in [0.2, 0.25) is 5.02 Å². The summed E-state index contributed by atoms with van der Waals surface area (Å²) in [6, 6.07) is 2.95. The van der Waals surface area contributed by atoms with E-state index < -0.39 is 13.1 Å². The fourth-order valence-corrected chi connectivity index (χ4v) is 2.91. The molecule has 1 aromatic carbocycles. The lowest BCUT2D eigenvalue weighted by Crippen LogP contribution is -2.16. The Morgan fingerprint density at radius 1 is 1.25 bits per heavy atom. The molecule has 1 rings (SSSR count). The summed E-state index contributed by atoms with van der Waals surface area (Å²) in [5.41, 5.74) is 0.173. The van der Waals surface area contributed by atoms with Gasteiger partial charge < -0.3 is 18.8 Å². The van der Waals surface area contributed by atoms with Gasteiger partial charge in [0.15, 0.2) is 0 Å². The van der Waals surface area contributed by atoms with E-state index in [0.29, 0.717) is 24.3 Å². The van der Waals surface area contributed by atoms with Gasteiger partial charge in [0.2, 0.25) is 0 Å². The predicted octanol–water partition coefficient (Wildman–Crippen LogP) is 2.40. The number of benzene rings is 1. The van der Waals surface area contributed by atoms with Crippen molar-refractivity contribution < 1.29 is 23.6 Å². The third-order valence-corrected chi connectivity index (χ3v) is 4.40. The Bertz CT molecular complexity index is 538. The zero-order chi connectivity index (χ0) is 15.3. The smallest absolute Gasteiger partial charge is 0.339 e. The van der Waals surface area contributed by atoms with Crippen LogP contribution in [0, 0.1) is 0 Å². The quantitative estimate of drug-likeness (QED) is 0.457. The third-order valence-electron chi connectivity index (χ3n) is 2.58. The van der Waals surface area contributed by atoms with Crippen molar-refractivity contribution in [2.45, 2.75) is 0 Å². The first kappa shape index (κ1) is 17.0. The summed E-state index contributed by atoms with van der Waals surface area (Å²) in [7, 11) is 0.187. The van der Waals surface area contributed by atoms with E-state index in [2.05, 4.69) is 4.74 Å². The van der Waals surface area contributed by atoms with Gasteiger partial charge in [-0.25, -0.2) is 4.79 Å². The van der Waals surface area contributed by atoms with Gasteiger partial charge in [0.05, 0.1) is 29.6 Å². The van der Waals surface area contributed by atoms with Crippen molar-refractivity contribution in [2.24, 2.45) is 0 Å². The molecule has 0 aromatic heterocycles. The topological polar surface area (TPSA) is 61.8 Å². The molecule has 112 valence electrons. The molecule has 0 aliphatic heterocycles. The molecule has 0 aliphatic carbocycles. The number of carbonyl (C=O) groups is 1.